The molecule has 0 atom stereocenters. The third kappa shape index (κ3) is 4.42. The number of benzene rings is 1. The van der Waals surface area contributed by atoms with Crippen molar-refractivity contribution in [3.8, 4) is 16.9 Å². The summed E-state index contributed by atoms with van der Waals surface area (Å²) >= 11 is 0. The first-order valence-electron chi connectivity index (χ1n) is 7.70. The summed E-state index contributed by atoms with van der Waals surface area (Å²) in [7, 11) is 1.02. The second-order valence-electron chi connectivity index (χ2n) is 6.56. The first-order chi connectivity index (χ1) is 12.3. The molecule has 2 rings (SSSR count). The molecule has 0 spiro atoms. The van der Waals surface area contributed by atoms with E-state index < -0.39 is 52.1 Å². The summed E-state index contributed by atoms with van der Waals surface area (Å²) in [6, 6.07) is 3.88. The molecule has 1 aromatic carbocycles. The number of esters is 2. The first-order valence-corrected chi connectivity index (χ1v) is 7.70. The number of methoxy groups -OCH3 is 1. The van der Waals surface area contributed by atoms with Gasteiger partial charge in [-0.2, -0.15) is 13.2 Å². The number of hydrogen-bond acceptors (Lipinski definition) is 6. The molecule has 0 saturated heterocycles. The summed E-state index contributed by atoms with van der Waals surface area (Å²) in [5.41, 5.74) is -2.52. The highest BCUT2D eigenvalue weighted by molar-refractivity contribution is 6.01. The molecular weight excluding hydrogens is 369 g/mol. The van der Waals surface area contributed by atoms with Gasteiger partial charge in [-0.25, -0.2) is 9.59 Å². The molecule has 9 heteroatoms. The Hall–Kier alpha value is -2.97. The Labute approximate surface area is 152 Å². The summed E-state index contributed by atoms with van der Waals surface area (Å²) in [5.74, 6) is -4.30. The van der Waals surface area contributed by atoms with Gasteiger partial charge in [0.25, 0.3) is 5.76 Å². The Morgan fingerprint density at radius 1 is 1.07 bits per heavy atom. The molecule has 0 aliphatic rings. The minimum atomic E-state index is -4.65. The van der Waals surface area contributed by atoms with Crippen LogP contribution in [0.5, 0.6) is 5.75 Å². The third-order valence-corrected chi connectivity index (χ3v) is 3.32. The van der Waals surface area contributed by atoms with Crippen LogP contribution in [0.1, 0.15) is 47.4 Å². The topological polar surface area (TPSA) is 86.0 Å². The first kappa shape index (κ1) is 20.3. The minimum absolute atomic E-state index is 0.179. The number of carbonyl (C=O) groups is 2. The van der Waals surface area contributed by atoms with Gasteiger partial charge in [0.1, 0.15) is 5.60 Å². The zero-order valence-electron chi connectivity index (χ0n) is 14.9. The van der Waals surface area contributed by atoms with Gasteiger partial charge in [0.2, 0.25) is 5.76 Å². The fraction of sp³-hybridized carbons (Fsp3) is 0.333. The normalized spacial score (nSPS) is 12.0. The minimum Gasteiger partial charge on any atom is -0.504 e. The Balaban J connectivity index is 2.69. The molecule has 6 nitrogen and oxygen atoms in total. The van der Waals surface area contributed by atoms with Crippen LogP contribution in [0.2, 0.25) is 0 Å². The second kappa shape index (κ2) is 6.98. The zero-order chi connectivity index (χ0) is 20.6. The van der Waals surface area contributed by atoms with E-state index in [1.165, 1.54) is 6.07 Å². The summed E-state index contributed by atoms with van der Waals surface area (Å²) in [6.45, 7) is 4.70. The van der Waals surface area contributed by atoms with Gasteiger partial charge in [0, 0.05) is 0 Å². The smallest absolute Gasteiger partial charge is 0.416 e. The molecule has 2 aromatic rings. The molecule has 0 aliphatic heterocycles. The van der Waals surface area contributed by atoms with Crippen LogP contribution in [0.15, 0.2) is 28.7 Å². The number of rotatable bonds is 3. The highest BCUT2D eigenvalue weighted by atomic mass is 19.4. The quantitative estimate of drug-likeness (QED) is 0.787. The molecule has 0 fully saturated rings. The molecule has 1 N–H and O–H groups in total. The van der Waals surface area contributed by atoms with Gasteiger partial charge < -0.3 is 19.0 Å². The Morgan fingerprint density at radius 2 is 1.70 bits per heavy atom. The number of hydrogen-bond donors (Lipinski definition) is 1. The van der Waals surface area contributed by atoms with Crippen LogP contribution in [0.25, 0.3) is 11.1 Å². The molecule has 146 valence electrons. The van der Waals surface area contributed by atoms with E-state index in [1.54, 1.807) is 20.8 Å². The van der Waals surface area contributed by atoms with E-state index in [9.17, 15) is 27.9 Å². The molecule has 1 heterocycles. The Kier molecular flexibility index (Phi) is 5.26. The van der Waals surface area contributed by atoms with E-state index in [4.69, 9.17) is 9.15 Å². The summed E-state index contributed by atoms with van der Waals surface area (Å²) in [4.78, 5) is 24.2. The van der Waals surface area contributed by atoms with E-state index in [0.717, 1.165) is 25.3 Å². The molecule has 0 radical (unpaired) electrons. The predicted octanol–water partition coefficient (Wildman–Crippen LogP) is 4.41. The van der Waals surface area contributed by atoms with Crippen LogP contribution < -0.4 is 0 Å². The molecule has 0 saturated carbocycles. The maximum Gasteiger partial charge on any atom is 0.416 e. The van der Waals surface area contributed by atoms with Crippen molar-refractivity contribution in [1.82, 2.24) is 0 Å². The van der Waals surface area contributed by atoms with Crippen LogP contribution in [0.4, 0.5) is 13.2 Å². The highest BCUT2D eigenvalue weighted by Gasteiger charge is 2.35. The summed E-state index contributed by atoms with van der Waals surface area (Å²) in [6.07, 6.45) is -4.65. The van der Waals surface area contributed by atoms with E-state index in [0.29, 0.717) is 0 Å². The molecular formula is C18H17F3O6. The number of carbonyl (C=O) groups excluding carboxylic acids is 2. The van der Waals surface area contributed by atoms with Crippen LogP contribution in [0, 0.1) is 0 Å². The van der Waals surface area contributed by atoms with Gasteiger partial charge in [-0.3, -0.25) is 0 Å². The van der Waals surface area contributed by atoms with Crippen molar-refractivity contribution in [1.29, 1.82) is 0 Å². The third-order valence-electron chi connectivity index (χ3n) is 3.32. The Morgan fingerprint density at radius 3 is 2.22 bits per heavy atom. The van der Waals surface area contributed by atoms with Crippen molar-refractivity contribution >= 4 is 11.9 Å². The highest BCUT2D eigenvalue weighted by Crippen LogP contribution is 2.41. The van der Waals surface area contributed by atoms with Crippen LogP contribution in [-0.2, 0) is 15.7 Å². The largest absolute Gasteiger partial charge is 0.504 e. The van der Waals surface area contributed by atoms with Crippen LogP contribution >= 0.6 is 0 Å². The summed E-state index contributed by atoms with van der Waals surface area (Å²) < 4.78 is 53.7. The molecule has 0 aliphatic carbocycles. The van der Waals surface area contributed by atoms with Crippen molar-refractivity contribution in [2.75, 3.05) is 7.11 Å². The van der Waals surface area contributed by atoms with Gasteiger partial charge in [0.15, 0.2) is 5.75 Å². The molecule has 0 amide bonds. The maximum atomic E-state index is 13.0. The molecule has 0 unspecified atom stereocenters. The standard InChI is InChI=1S/C18H17F3O6/c1-17(2,3)27-16(24)13-11(12(22)14(26-13)15(23)25-4)9-6-5-7-10(8-9)18(19,20)21/h5-8,22H,1-4H3. The molecule has 1 aromatic heterocycles. The lowest BCUT2D eigenvalue weighted by Crippen LogP contribution is -2.24. The van der Waals surface area contributed by atoms with Crippen molar-refractivity contribution in [3.63, 3.8) is 0 Å². The number of alkyl halides is 3. The van der Waals surface area contributed by atoms with Crippen molar-refractivity contribution in [3.05, 3.63) is 41.3 Å². The van der Waals surface area contributed by atoms with Gasteiger partial charge in [-0.1, -0.05) is 12.1 Å². The van der Waals surface area contributed by atoms with Crippen LogP contribution in [-0.4, -0.2) is 29.8 Å². The molecule has 27 heavy (non-hydrogen) atoms. The zero-order valence-corrected chi connectivity index (χ0v) is 14.9. The number of halogens is 3. The van der Waals surface area contributed by atoms with Gasteiger partial charge in [0.05, 0.1) is 18.2 Å². The van der Waals surface area contributed by atoms with Crippen molar-refractivity contribution < 1.29 is 41.8 Å². The van der Waals surface area contributed by atoms with E-state index >= 15 is 0 Å². The fourth-order valence-electron chi connectivity index (χ4n) is 2.24. The predicted molar refractivity (Wildman–Crippen MR) is 87.3 cm³/mol. The average molecular weight is 386 g/mol. The number of furan rings is 1. The van der Waals surface area contributed by atoms with E-state index in [2.05, 4.69) is 4.74 Å². The average Bonchev–Trinajstić information content (AvgIpc) is 2.89. The molecule has 0 bridgehead atoms. The lowest BCUT2D eigenvalue weighted by molar-refractivity contribution is -0.137. The second-order valence-corrected chi connectivity index (χ2v) is 6.56. The van der Waals surface area contributed by atoms with Gasteiger partial charge >= 0.3 is 18.1 Å². The van der Waals surface area contributed by atoms with Gasteiger partial charge in [-0.05, 0) is 38.5 Å². The SMILES string of the molecule is COC(=O)c1oc(C(=O)OC(C)(C)C)c(-c2cccc(C(F)(F)F)c2)c1O. The van der Waals surface area contributed by atoms with Crippen molar-refractivity contribution in [2.45, 2.75) is 32.5 Å². The van der Waals surface area contributed by atoms with Crippen molar-refractivity contribution in [2.24, 2.45) is 0 Å². The van der Waals surface area contributed by atoms with E-state index in [1.807, 2.05) is 0 Å². The number of aromatic hydroxyl groups is 1. The maximum absolute atomic E-state index is 13.0. The Bertz CT molecular complexity index is 874. The monoisotopic (exact) mass is 386 g/mol. The number of ether oxygens (including phenoxy) is 2. The van der Waals surface area contributed by atoms with Crippen LogP contribution in [0.3, 0.4) is 0 Å². The lowest BCUT2D eigenvalue weighted by Gasteiger charge is -2.19. The van der Waals surface area contributed by atoms with E-state index in [-0.39, 0.29) is 5.56 Å². The summed E-state index contributed by atoms with van der Waals surface area (Å²) in [5, 5.41) is 10.3. The fourth-order valence-corrected chi connectivity index (χ4v) is 2.24. The lowest BCUT2D eigenvalue weighted by atomic mass is 10.0. The van der Waals surface area contributed by atoms with Gasteiger partial charge in [-0.15, -0.1) is 0 Å².